The fraction of sp³-hybridized carbons (Fsp3) is 0.400. The van der Waals surface area contributed by atoms with Crippen LogP contribution in [0, 0.1) is 0 Å². The van der Waals surface area contributed by atoms with Crippen molar-refractivity contribution in [2.45, 2.75) is 25.9 Å². The van der Waals surface area contributed by atoms with Crippen LogP contribution in [-0.2, 0) is 6.54 Å². The zero-order chi connectivity index (χ0) is 15.6. The van der Waals surface area contributed by atoms with Gasteiger partial charge in [-0.3, -0.25) is 15.1 Å². The molecule has 0 radical (unpaired) electrons. The number of nitrogens with one attached hydrogen (secondary N) is 1. The lowest BCUT2D eigenvalue weighted by Crippen LogP contribution is -2.44. The normalized spacial score (nSPS) is 12.1. The molecule has 0 bridgehead atoms. The molecule has 1 amide bonds. The van der Waals surface area contributed by atoms with E-state index in [0.717, 1.165) is 10.9 Å². The van der Waals surface area contributed by atoms with Crippen molar-refractivity contribution in [3.05, 3.63) is 35.6 Å². The Bertz CT molecular complexity index is 649. The molecule has 0 aliphatic carbocycles. The van der Waals surface area contributed by atoms with E-state index in [9.17, 15) is 9.90 Å². The Kier molecular flexibility index (Phi) is 4.32. The maximum absolute atomic E-state index is 11.9. The number of benzene rings is 1. The predicted molar refractivity (Wildman–Crippen MR) is 80.5 cm³/mol. The number of nitrogen functional groups attached to an aromatic ring is 1. The molecule has 0 aliphatic rings. The van der Waals surface area contributed by atoms with Crippen molar-refractivity contribution in [1.82, 2.24) is 10.3 Å². The highest BCUT2D eigenvalue weighted by Gasteiger charge is 2.27. The number of amides is 1. The van der Waals surface area contributed by atoms with E-state index < -0.39 is 11.4 Å². The summed E-state index contributed by atoms with van der Waals surface area (Å²) in [6, 6.07) is 7.45. The van der Waals surface area contributed by atoms with Gasteiger partial charge in [-0.25, -0.2) is 5.84 Å². The number of carbonyl (C=O) groups is 1. The zero-order valence-corrected chi connectivity index (χ0v) is 12.5. The van der Waals surface area contributed by atoms with Crippen LogP contribution in [0.3, 0.4) is 0 Å². The number of fused-ring (bicyclic) bond motifs is 1. The second-order valence-electron chi connectivity index (χ2n) is 5.71. The minimum Gasteiger partial charge on any atom is -0.451 e. The summed E-state index contributed by atoms with van der Waals surface area (Å²) >= 11 is 0. The molecule has 0 atom stereocenters. The lowest BCUT2D eigenvalue weighted by atomic mass is 10.0. The first-order valence-corrected chi connectivity index (χ1v) is 6.74. The van der Waals surface area contributed by atoms with Crippen LogP contribution in [0.15, 0.2) is 28.7 Å². The number of hydrogen-bond acceptors (Lipinski definition) is 5. The first-order valence-electron chi connectivity index (χ1n) is 6.74. The summed E-state index contributed by atoms with van der Waals surface area (Å²) in [5.41, 5.74) is 3.10. The molecular formula is C15H21N3O3. The van der Waals surface area contributed by atoms with Gasteiger partial charge in [0.2, 0.25) is 0 Å². The van der Waals surface area contributed by atoms with Crippen molar-refractivity contribution >= 4 is 16.9 Å². The molecule has 6 nitrogen and oxygen atoms in total. The Balaban J connectivity index is 2.48. The van der Waals surface area contributed by atoms with E-state index in [1.165, 1.54) is 0 Å². The second-order valence-corrected chi connectivity index (χ2v) is 5.71. The van der Waals surface area contributed by atoms with Crippen LogP contribution in [0.5, 0.6) is 0 Å². The topological polar surface area (TPSA) is 91.7 Å². The van der Waals surface area contributed by atoms with Crippen molar-refractivity contribution in [1.29, 1.82) is 0 Å². The molecule has 1 aromatic carbocycles. The van der Waals surface area contributed by atoms with E-state index in [0.29, 0.717) is 12.1 Å². The van der Waals surface area contributed by atoms with Crippen molar-refractivity contribution in [3.63, 3.8) is 0 Å². The molecule has 1 aromatic heterocycles. The summed E-state index contributed by atoms with van der Waals surface area (Å²) in [5, 5.41) is 10.3. The molecule has 2 rings (SSSR count). The number of furan rings is 1. The predicted octanol–water partition coefficient (Wildman–Crippen LogP) is 1.24. The number of rotatable bonds is 5. The van der Waals surface area contributed by atoms with Gasteiger partial charge in [-0.15, -0.1) is 0 Å². The van der Waals surface area contributed by atoms with Crippen molar-refractivity contribution in [3.8, 4) is 0 Å². The zero-order valence-electron chi connectivity index (χ0n) is 12.5. The lowest BCUT2D eigenvalue weighted by Gasteiger charge is -2.33. The minimum absolute atomic E-state index is 0.0116. The smallest absolute Gasteiger partial charge is 0.301 e. The van der Waals surface area contributed by atoms with Crippen LogP contribution in [0.2, 0.25) is 0 Å². The van der Waals surface area contributed by atoms with E-state index in [1.807, 2.05) is 50.1 Å². The third-order valence-electron chi connectivity index (χ3n) is 3.85. The number of likely N-dealkylation sites (N-methyl/N-ethyl adjacent to an activating group) is 1. The van der Waals surface area contributed by atoms with Crippen LogP contribution < -0.4 is 11.3 Å². The van der Waals surface area contributed by atoms with E-state index in [2.05, 4.69) is 5.43 Å². The van der Waals surface area contributed by atoms with Gasteiger partial charge in [0.25, 0.3) is 0 Å². The van der Waals surface area contributed by atoms with Crippen LogP contribution >= 0.6 is 0 Å². The number of nitrogens with two attached hydrogens (primary N) is 1. The standard InChI is InChI=1S/C15H21N3O3/c1-15(2,9-19)18(3)8-11-10-6-4-5-7-12(10)21-13(11)14(20)17-16/h4-7,19H,8-9,16H2,1-3H3,(H,17,20). The first kappa shape index (κ1) is 15.5. The highest BCUT2D eigenvalue weighted by atomic mass is 16.3. The van der Waals surface area contributed by atoms with Crippen molar-refractivity contribution in [2.24, 2.45) is 5.84 Å². The molecule has 0 unspecified atom stereocenters. The highest BCUT2D eigenvalue weighted by molar-refractivity contribution is 5.98. The molecular weight excluding hydrogens is 270 g/mol. The Morgan fingerprint density at radius 3 is 2.71 bits per heavy atom. The second kappa shape index (κ2) is 5.85. The van der Waals surface area contributed by atoms with E-state index in [1.54, 1.807) is 0 Å². The Morgan fingerprint density at radius 1 is 1.43 bits per heavy atom. The van der Waals surface area contributed by atoms with E-state index in [-0.39, 0.29) is 12.4 Å². The number of aliphatic hydroxyl groups is 1. The molecule has 4 N–H and O–H groups in total. The van der Waals surface area contributed by atoms with Gasteiger partial charge in [-0.1, -0.05) is 18.2 Å². The Hall–Kier alpha value is -1.89. The Labute approximate surface area is 123 Å². The molecule has 0 aliphatic heterocycles. The summed E-state index contributed by atoms with van der Waals surface area (Å²) < 4.78 is 5.62. The van der Waals surface area contributed by atoms with Crippen LogP contribution in [0.1, 0.15) is 30.0 Å². The largest absolute Gasteiger partial charge is 0.451 e. The van der Waals surface area contributed by atoms with Crippen molar-refractivity contribution in [2.75, 3.05) is 13.7 Å². The van der Waals surface area contributed by atoms with Gasteiger partial charge in [-0.2, -0.15) is 0 Å². The van der Waals surface area contributed by atoms with Gasteiger partial charge < -0.3 is 9.52 Å². The maximum Gasteiger partial charge on any atom is 0.301 e. The number of para-hydroxylation sites is 1. The monoisotopic (exact) mass is 291 g/mol. The van der Waals surface area contributed by atoms with E-state index >= 15 is 0 Å². The molecule has 0 saturated carbocycles. The molecule has 6 heteroatoms. The van der Waals surface area contributed by atoms with Crippen molar-refractivity contribution < 1.29 is 14.3 Å². The van der Waals surface area contributed by atoms with Gasteiger partial charge in [0.1, 0.15) is 5.58 Å². The van der Waals surface area contributed by atoms with Crippen LogP contribution in [0.25, 0.3) is 11.0 Å². The number of hydrogen-bond donors (Lipinski definition) is 3. The van der Waals surface area contributed by atoms with Gasteiger partial charge in [0, 0.05) is 23.0 Å². The molecule has 1 heterocycles. The molecule has 114 valence electrons. The SMILES string of the molecule is CN(Cc1c(C(=O)NN)oc2ccccc12)C(C)(C)CO. The molecule has 0 spiro atoms. The molecule has 21 heavy (non-hydrogen) atoms. The first-order chi connectivity index (χ1) is 9.90. The average Bonchev–Trinajstić information content (AvgIpc) is 2.85. The summed E-state index contributed by atoms with van der Waals surface area (Å²) in [5.74, 6) is 4.97. The third kappa shape index (κ3) is 2.92. The highest BCUT2D eigenvalue weighted by Crippen LogP contribution is 2.28. The molecule has 2 aromatic rings. The van der Waals surface area contributed by atoms with E-state index in [4.69, 9.17) is 10.3 Å². The summed E-state index contributed by atoms with van der Waals surface area (Å²) in [6.45, 7) is 4.33. The minimum atomic E-state index is -0.462. The van der Waals surface area contributed by atoms with Gasteiger partial charge in [0.15, 0.2) is 5.76 Å². The van der Waals surface area contributed by atoms with Gasteiger partial charge >= 0.3 is 5.91 Å². The quantitative estimate of drug-likeness (QED) is 0.438. The van der Waals surface area contributed by atoms with Gasteiger partial charge in [0.05, 0.1) is 6.61 Å². The van der Waals surface area contributed by atoms with Crippen LogP contribution in [-0.4, -0.2) is 35.1 Å². The molecule has 0 saturated heterocycles. The Morgan fingerprint density at radius 2 is 2.10 bits per heavy atom. The number of nitrogens with zero attached hydrogens (tertiary/aromatic N) is 1. The fourth-order valence-corrected chi connectivity index (χ4v) is 2.08. The summed E-state index contributed by atoms with van der Waals surface area (Å²) in [7, 11) is 1.89. The van der Waals surface area contributed by atoms with Gasteiger partial charge in [-0.05, 0) is 27.0 Å². The molecule has 0 fully saturated rings. The number of aliphatic hydroxyl groups excluding tert-OH is 1. The maximum atomic E-state index is 11.9. The number of hydrazine groups is 1. The average molecular weight is 291 g/mol. The lowest BCUT2D eigenvalue weighted by molar-refractivity contribution is 0.0726. The third-order valence-corrected chi connectivity index (χ3v) is 3.85. The summed E-state index contributed by atoms with van der Waals surface area (Å²) in [6.07, 6.45) is 0. The fourth-order valence-electron chi connectivity index (χ4n) is 2.08. The summed E-state index contributed by atoms with van der Waals surface area (Å²) in [4.78, 5) is 13.9. The van der Waals surface area contributed by atoms with Crippen LogP contribution in [0.4, 0.5) is 0 Å². The number of carbonyl (C=O) groups excluding carboxylic acids is 1.